The van der Waals surface area contributed by atoms with Gasteiger partial charge in [-0.1, -0.05) is 19.1 Å². The molecule has 0 spiro atoms. The van der Waals surface area contributed by atoms with Gasteiger partial charge in [0.15, 0.2) is 0 Å². The van der Waals surface area contributed by atoms with Crippen molar-refractivity contribution < 1.29 is 9.90 Å². The lowest BCUT2D eigenvalue weighted by molar-refractivity contribution is -0.120. The van der Waals surface area contributed by atoms with E-state index in [0.29, 0.717) is 12.1 Å². The van der Waals surface area contributed by atoms with Crippen LogP contribution in [-0.2, 0) is 4.79 Å². The molecular formula is C11H14N2O2. The summed E-state index contributed by atoms with van der Waals surface area (Å²) in [6.07, 6.45) is 0.400. The Morgan fingerprint density at radius 1 is 1.53 bits per heavy atom. The summed E-state index contributed by atoms with van der Waals surface area (Å²) in [4.78, 5) is 10.9. The Bertz CT molecular complexity index is 386. The van der Waals surface area contributed by atoms with Gasteiger partial charge in [0.2, 0.25) is 5.91 Å². The van der Waals surface area contributed by atoms with Gasteiger partial charge in [-0.25, -0.2) is 5.43 Å². The van der Waals surface area contributed by atoms with Crippen molar-refractivity contribution in [1.82, 2.24) is 5.43 Å². The van der Waals surface area contributed by atoms with Crippen LogP contribution in [0, 0.1) is 0 Å². The van der Waals surface area contributed by atoms with E-state index in [1.165, 1.54) is 0 Å². The number of carbonyl (C=O) groups is 1. The number of carbonyl (C=O) groups excluding carboxylic acids is 1. The lowest BCUT2D eigenvalue weighted by atomic mass is 10.1. The van der Waals surface area contributed by atoms with Gasteiger partial charge in [0.25, 0.3) is 0 Å². The van der Waals surface area contributed by atoms with E-state index < -0.39 is 0 Å². The van der Waals surface area contributed by atoms with E-state index in [2.05, 4.69) is 10.5 Å². The van der Waals surface area contributed by atoms with Gasteiger partial charge in [0.1, 0.15) is 5.75 Å². The largest absolute Gasteiger partial charge is 0.508 e. The number of hydrogen-bond acceptors (Lipinski definition) is 3. The molecule has 2 N–H and O–H groups in total. The Morgan fingerprint density at radius 2 is 2.27 bits per heavy atom. The second-order valence-corrected chi connectivity index (χ2v) is 3.14. The lowest BCUT2D eigenvalue weighted by Gasteiger charge is -2.02. The summed E-state index contributed by atoms with van der Waals surface area (Å²) in [5.41, 5.74) is 3.86. The number of phenolic OH excluding ortho intramolecular Hbond substituents is 1. The van der Waals surface area contributed by atoms with E-state index >= 15 is 0 Å². The number of amides is 1. The molecule has 15 heavy (non-hydrogen) atoms. The second-order valence-electron chi connectivity index (χ2n) is 3.14. The van der Waals surface area contributed by atoms with Gasteiger partial charge in [-0.3, -0.25) is 4.79 Å². The molecule has 0 saturated heterocycles. The average Bonchev–Trinajstić information content (AvgIpc) is 2.25. The monoisotopic (exact) mass is 206 g/mol. The highest BCUT2D eigenvalue weighted by Crippen LogP contribution is 2.11. The predicted molar refractivity (Wildman–Crippen MR) is 58.8 cm³/mol. The van der Waals surface area contributed by atoms with Gasteiger partial charge in [0.05, 0.1) is 5.71 Å². The molecule has 1 aromatic rings. The molecule has 1 amide bonds. The summed E-state index contributed by atoms with van der Waals surface area (Å²) in [6, 6.07) is 6.72. The van der Waals surface area contributed by atoms with Crippen LogP contribution in [0.25, 0.3) is 0 Å². The van der Waals surface area contributed by atoms with Gasteiger partial charge in [0, 0.05) is 12.0 Å². The molecule has 0 aliphatic heterocycles. The van der Waals surface area contributed by atoms with Crippen LogP contribution in [0.1, 0.15) is 25.8 Å². The van der Waals surface area contributed by atoms with Gasteiger partial charge < -0.3 is 5.11 Å². The average molecular weight is 206 g/mol. The highest BCUT2D eigenvalue weighted by molar-refractivity contribution is 5.99. The van der Waals surface area contributed by atoms with Crippen molar-refractivity contribution in [3.63, 3.8) is 0 Å². The minimum atomic E-state index is -0.130. The third-order valence-corrected chi connectivity index (χ3v) is 1.93. The van der Waals surface area contributed by atoms with Gasteiger partial charge in [-0.05, 0) is 19.1 Å². The lowest BCUT2D eigenvalue weighted by Crippen LogP contribution is -2.17. The van der Waals surface area contributed by atoms with E-state index in [4.69, 9.17) is 0 Å². The third-order valence-electron chi connectivity index (χ3n) is 1.93. The summed E-state index contributed by atoms with van der Waals surface area (Å²) in [7, 11) is 0. The van der Waals surface area contributed by atoms with Crippen LogP contribution in [0.3, 0.4) is 0 Å². The van der Waals surface area contributed by atoms with E-state index in [-0.39, 0.29) is 11.7 Å². The molecule has 0 bridgehead atoms. The Morgan fingerprint density at radius 3 is 2.87 bits per heavy atom. The number of hydrogen-bond donors (Lipinski definition) is 2. The SMILES string of the molecule is CCC(=O)N/N=C(\C)c1cccc(O)c1. The van der Waals surface area contributed by atoms with Gasteiger partial charge in [-0.2, -0.15) is 5.10 Å². The zero-order valence-corrected chi connectivity index (χ0v) is 8.82. The van der Waals surface area contributed by atoms with Crippen molar-refractivity contribution in [3.05, 3.63) is 29.8 Å². The van der Waals surface area contributed by atoms with Crippen molar-refractivity contribution in [2.75, 3.05) is 0 Å². The van der Waals surface area contributed by atoms with E-state index in [1.807, 2.05) is 6.07 Å². The normalized spacial score (nSPS) is 11.2. The summed E-state index contributed by atoms with van der Waals surface area (Å²) in [6.45, 7) is 3.53. The molecule has 0 unspecified atom stereocenters. The molecule has 0 heterocycles. The first-order valence-corrected chi connectivity index (χ1v) is 4.76. The van der Waals surface area contributed by atoms with Gasteiger partial charge >= 0.3 is 0 Å². The molecule has 4 nitrogen and oxygen atoms in total. The minimum absolute atomic E-state index is 0.130. The second kappa shape index (κ2) is 5.14. The first-order chi connectivity index (χ1) is 7.13. The van der Waals surface area contributed by atoms with E-state index in [9.17, 15) is 9.90 Å². The fourth-order valence-corrected chi connectivity index (χ4v) is 1.02. The van der Waals surface area contributed by atoms with Crippen LogP contribution in [0.4, 0.5) is 0 Å². The fraction of sp³-hybridized carbons (Fsp3) is 0.273. The molecule has 0 atom stereocenters. The molecule has 0 fully saturated rings. The summed E-state index contributed by atoms with van der Waals surface area (Å²) in [5.74, 6) is 0.0540. The van der Waals surface area contributed by atoms with Crippen molar-refractivity contribution in [1.29, 1.82) is 0 Å². The zero-order chi connectivity index (χ0) is 11.3. The molecule has 80 valence electrons. The van der Waals surface area contributed by atoms with E-state index in [1.54, 1.807) is 32.0 Å². The number of rotatable bonds is 3. The smallest absolute Gasteiger partial charge is 0.239 e. The number of hydrazone groups is 1. The zero-order valence-electron chi connectivity index (χ0n) is 8.82. The number of aromatic hydroxyl groups is 1. The number of benzene rings is 1. The summed E-state index contributed by atoms with van der Waals surface area (Å²) in [5, 5.41) is 13.2. The van der Waals surface area contributed by atoms with Crippen molar-refractivity contribution in [2.45, 2.75) is 20.3 Å². The Hall–Kier alpha value is -1.84. The molecular weight excluding hydrogens is 192 g/mol. The maximum atomic E-state index is 10.9. The third kappa shape index (κ3) is 3.42. The quantitative estimate of drug-likeness (QED) is 0.583. The standard InChI is InChI=1S/C11H14N2O2/c1-3-11(15)13-12-8(2)9-5-4-6-10(14)7-9/h4-7,14H,3H2,1-2H3,(H,13,15)/b12-8+. The Kier molecular flexibility index (Phi) is 3.85. The predicted octanol–water partition coefficient (Wildman–Crippen LogP) is 1.64. The topological polar surface area (TPSA) is 61.7 Å². The molecule has 0 radical (unpaired) electrons. The number of nitrogens with zero attached hydrogens (tertiary/aromatic N) is 1. The van der Waals surface area contributed by atoms with Crippen LogP contribution in [0.15, 0.2) is 29.4 Å². The van der Waals surface area contributed by atoms with Crippen LogP contribution in [-0.4, -0.2) is 16.7 Å². The molecule has 0 aliphatic carbocycles. The fourth-order valence-electron chi connectivity index (χ4n) is 1.02. The molecule has 1 aromatic carbocycles. The summed E-state index contributed by atoms with van der Waals surface area (Å²) < 4.78 is 0. The highest BCUT2D eigenvalue weighted by Gasteiger charge is 1.99. The number of nitrogens with one attached hydrogen (secondary N) is 1. The van der Waals surface area contributed by atoms with Crippen LogP contribution in [0.2, 0.25) is 0 Å². The van der Waals surface area contributed by atoms with Crippen LogP contribution < -0.4 is 5.43 Å². The maximum absolute atomic E-state index is 10.9. The van der Waals surface area contributed by atoms with Crippen LogP contribution >= 0.6 is 0 Å². The molecule has 0 saturated carbocycles. The molecule has 0 aromatic heterocycles. The highest BCUT2D eigenvalue weighted by atomic mass is 16.3. The molecule has 4 heteroatoms. The minimum Gasteiger partial charge on any atom is -0.508 e. The molecule has 1 rings (SSSR count). The van der Waals surface area contributed by atoms with Crippen molar-refractivity contribution in [3.8, 4) is 5.75 Å². The van der Waals surface area contributed by atoms with E-state index in [0.717, 1.165) is 5.56 Å². The van der Waals surface area contributed by atoms with Crippen molar-refractivity contribution >= 4 is 11.6 Å². The summed E-state index contributed by atoms with van der Waals surface area (Å²) >= 11 is 0. The first kappa shape index (κ1) is 11.2. The first-order valence-electron chi connectivity index (χ1n) is 4.76. The van der Waals surface area contributed by atoms with Crippen LogP contribution in [0.5, 0.6) is 5.75 Å². The van der Waals surface area contributed by atoms with Gasteiger partial charge in [-0.15, -0.1) is 0 Å². The number of phenols is 1. The Balaban J connectivity index is 2.75. The maximum Gasteiger partial charge on any atom is 0.239 e. The molecule has 0 aliphatic rings. The van der Waals surface area contributed by atoms with Crippen molar-refractivity contribution in [2.24, 2.45) is 5.10 Å². The Labute approximate surface area is 88.6 Å².